The molecular weight excluding hydrogens is 418 g/mol. The fourth-order valence-electron chi connectivity index (χ4n) is 2.77. The molecule has 1 aromatic carbocycles. The van der Waals surface area contributed by atoms with Crippen molar-refractivity contribution in [1.82, 2.24) is 24.6 Å². The van der Waals surface area contributed by atoms with Gasteiger partial charge in [0.1, 0.15) is 35.4 Å². The highest BCUT2D eigenvalue weighted by molar-refractivity contribution is 6.30. The number of fused-ring (bicyclic) bond motifs is 1. The number of hydrogen-bond acceptors (Lipinski definition) is 7. The Labute approximate surface area is 173 Å². The first-order valence-electron chi connectivity index (χ1n) is 8.21. The molecule has 3 aromatic heterocycles. The molecule has 0 radical (unpaired) electrons. The molecule has 0 fully saturated rings. The number of halogens is 3. The maximum atomic E-state index is 14.0. The first kappa shape index (κ1) is 18.9. The van der Waals surface area contributed by atoms with E-state index in [1.54, 1.807) is 12.1 Å². The zero-order chi connectivity index (χ0) is 20.5. The van der Waals surface area contributed by atoms with Gasteiger partial charge in [0.2, 0.25) is 0 Å². The maximum Gasteiger partial charge on any atom is 0.155 e. The van der Waals surface area contributed by atoms with Gasteiger partial charge >= 0.3 is 0 Å². The predicted octanol–water partition coefficient (Wildman–Crippen LogP) is 3.70. The van der Waals surface area contributed by atoms with Gasteiger partial charge in [-0.2, -0.15) is 10.4 Å². The number of hydrogen-bond donors (Lipinski definition) is 2. The van der Waals surface area contributed by atoms with Gasteiger partial charge < -0.3 is 11.1 Å². The first-order chi connectivity index (χ1) is 14.0. The molecule has 144 valence electrons. The van der Waals surface area contributed by atoms with Crippen LogP contribution < -0.4 is 11.1 Å². The lowest BCUT2D eigenvalue weighted by molar-refractivity contribution is 0.628. The molecule has 0 amide bonds. The minimum Gasteiger partial charge on any atom is -0.382 e. The summed E-state index contributed by atoms with van der Waals surface area (Å²) < 4.78 is 15.5. The van der Waals surface area contributed by atoms with E-state index in [2.05, 4.69) is 25.4 Å². The molecule has 4 rings (SSSR count). The van der Waals surface area contributed by atoms with E-state index in [0.717, 1.165) is 0 Å². The van der Waals surface area contributed by atoms with E-state index in [9.17, 15) is 9.65 Å². The summed E-state index contributed by atoms with van der Waals surface area (Å²) in [7, 11) is 0. The van der Waals surface area contributed by atoms with E-state index < -0.39 is 5.82 Å². The van der Waals surface area contributed by atoms with E-state index in [0.29, 0.717) is 27.6 Å². The van der Waals surface area contributed by atoms with Crippen LogP contribution in [0.1, 0.15) is 11.1 Å². The Hall–Kier alpha value is -3.48. The van der Waals surface area contributed by atoms with Crippen LogP contribution in [-0.2, 0) is 6.54 Å². The number of nitrogens with one attached hydrogen (secondary N) is 1. The molecule has 0 spiro atoms. The smallest absolute Gasteiger partial charge is 0.155 e. The number of anilines is 2. The van der Waals surface area contributed by atoms with Crippen LogP contribution in [0.2, 0.25) is 10.2 Å². The molecule has 0 unspecified atom stereocenters. The molecule has 0 aliphatic rings. The van der Waals surface area contributed by atoms with Crippen LogP contribution in [0.25, 0.3) is 16.9 Å². The Morgan fingerprint density at radius 2 is 2.03 bits per heavy atom. The second kappa shape index (κ2) is 7.50. The van der Waals surface area contributed by atoms with Crippen molar-refractivity contribution in [3.05, 3.63) is 63.9 Å². The summed E-state index contributed by atoms with van der Waals surface area (Å²) in [4.78, 5) is 12.1. The zero-order valence-electron chi connectivity index (χ0n) is 14.6. The maximum absolute atomic E-state index is 14.0. The first-order valence-corrected chi connectivity index (χ1v) is 8.96. The van der Waals surface area contributed by atoms with Crippen molar-refractivity contribution in [2.45, 2.75) is 6.54 Å². The molecule has 3 N–H and O–H groups in total. The topological polar surface area (TPSA) is 118 Å². The number of rotatable bonds is 4. The Morgan fingerprint density at radius 1 is 1.21 bits per heavy atom. The molecule has 11 heteroatoms. The Morgan fingerprint density at radius 3 is 2.79 bits per heavy atom. The number of nitrogens with zero attached hydrogens (tertiary/aromatic N) is 6. The van der Waals surface area contributed by atoms with Crippen molar-refractivity contribution in [2.24, 2.45) is 0 Å². The number of imidazole rings is 1. The number of benzene rings is 1. The van der Waals surface area contributed by atoms with Gasteiger partial charge in [0, 0.05) is 17.7 Å². The summed E-state index contributed by atoms with van der Waals surface area (Å²) in [5.41, 5.74) is 7.98. The fourth-order valence-corrected chi connectivity index (χ4v) is 3.06. The van der Waals surface area contributed by atoms with Crippen LogP contribution in [0.5, 0.6) is 0 Å². The van der Waals surface area contributed by atoms with Gasteiger partial charge in [0.05, 0.1) is 16.9 Å². The average Bonchev–Trinajstić information content (AvgIpc) is 3.07. The molecular formula is C18H11Cl2FN8. The SMILES string of the molecule is N#Cc1c(N)ncnc1NCc1cc2ncc(Cl)n2nc1-c1ccc(Cl)c(F)c1. The zero-order valence-corrected chi connectivity index (χ0v) is 16.1. The number of aromatic nitrogens is 5. The largest absolute Gasteiger partial charge is 0.382 e. The van der Waals surface area contributed by atoms with Crippen LogP contribution in [0, 0.1) is 17.1 Å². The Balaban J connectivity index is 1.80. The molecule has 0 saturated carbocycles. The predicted molar refractivity (Wildman–Crippen MR) is 107 cm³/mol. The monoisotopic (exact) mass is 428 g/mol. The van der Waals surface area contributed by atoms with Gasteiger partial charge in [-0.3, -0.25) is 0 Å². The summed E-state index contributed by atoms with van der Waals surface area (Å²) in [6.07, 6.45) is 2.72. The Kier molecular flexibility index (Phi) is 4.88. The standard InChI is InChI=1S/C18H11Cl2FN8/c19-12-2-1-9(3-13(12)21)16-10(4-15-24-7-14(20)29(15)28-16)6-25-18-11(5-22)17(23)26-8-27-18/h1-4,7-8H,6H2,(H3,23,25,26,27). The minimum absolute atomic E-state index is 0.00490. The molecule has 4 aromatic rings. The lowest BCUT2D eigenvalue weighted by Crippen LogP contribution is -2.09. The lowest BCUT2D eigenvalue weighted by Gasteiger charge is -2.13. The van der Waals surface area contributed by atoms with Crippen LogP contribution in [0.15, 0.2) is 36.8 Å². The van der Waals surface area contributed by atoms with Crippen LogP contribution in [-0.4, -0.2) is 24.6 Å². The quantitative estimate of drug-likeness (QED) is 0.508. The van der Waals surface area contributed by atoms with E-state index >= 15 is 0 Å². The summed E-state index contributed by atoms with van der Waals surface area (Å²) >= 11 is 11.9. The third-order valence-corrected chi connectivity index (χ3v) is 4.72. The van der Waals surface area contributed by atoms with Crippen molar-refractivity contribution in [1.29, 1.82) is 5.26 Å². The minimum atomic E-state index is -0.572. The average molecular weight is 429 g/mol. The summed E-state index contributed by atoms with van der Waals surface area (Å²) in [6.45, 7) is 0.207. The van der Waals surface area contributed by atoms with E-state index in [1.165, 1.54) is 29.2 Å². The van der Waals surface area contributed by atoms with Gasteiger partial charge in [-0.05, 0) is 18.2 Å². The van der Waals surface area contributed by atoms with Crippen LogP contribution in [0.4, 0.5) is 16.0 Å². The van der Waals surface area contributed by atoms with Crippen LogP contribution >= 0.6 is 23.2 Å². The number of nitrogens with two attached hydrogens (primary N) is 1. The molecule has 0 atom stereocenters. The third-order valence-electron chi connectivity index (χ3n) is 4.16. The van der Waals surface area contributed by atoms with Gasteiger partial charge in [-0.15, -0.1) is 0 Å². The lowest BCUT2D eigenvalue weighted by atomic mass is 10.1. The van der Waals surface area contributed by atoms with Gasteiger partial charge in [0.25, 0.3) is 0 Å². The fraction of sp³-hybridized carbons (Fsp3) is 0.0556. The van der Waals surface area contributed by atoms with Gasteiger partial charge in [-0.25, -0.2) is 23.9 Å². The van der Waals surface area contributed by atoms with E-state index in [-0.39, 0.29) is 28.8 Å². The number of nitrogen functional groups attached to an aromatic ring is 1. The summed E-state index contributed by atoms with van der Waals surface area (Å²) in [5.74, 6) is -0.231. The van der Waals surface area contributed by atoms with Crippen molar-refractivity contribution in [2.75, 3.05) is 11.1 Å². The normalized spacial score (nSPS) is 10.8. The third kappa shape index (κ3) is 3.51. The second-order valence-electron chi connectivity index (χ2n) is 5.95. The Bertz CT molecular complexity index is 1280. The van der Waals surface area contributed by atoms with Crippen molar-refractivity contribution in [3.8, 4) is 17.3 Å². The molecule has 3 heterocycles. The molecule has 29 heavy (non-hydrogen) atoms. The van der Waals surface area contributed by atoms with Gasteiger partial charge in [0.15, 0.2) is 10.8 Å². The van der Waals surface area contributed by atoms with Gasteiger partial charge in [-0.1, -0.05) is 29.3 Å². The molecule has 0 bridgehead atoms. The molecule has 0 aliphatic heterocycles. The highest BCUT2D eigenvalue weighted by atomic mass is 35.5. The van der Waals surface area contributed by atoms with Crippen LogP contribution in [0.3, 0.4) is 0 Å². The highest BCUT2D eigenvalue weighted by Gasteiger charge is 2.15. The number of nitriles is 1. The highest BCUT2D eigenvalue weighted by Crippen LogP contribution is 2.28. The second-order valence-corrected chi connectivity index (χ2v) is 6.74. The van der Waals surface area contributed by atoms with Crippen molar-refractivity contribution < 1.29 is 4.39 Å². The van der Waals surface area contributed by atoms with Crippen molar-refractivity contribution in [3.63, 3.8) is 0 Å². The molecule has 0 saturated heterocycles. The van der Waals surface area contributed by atoms with E-state index in [4.69, 9.17) is 28.9 Å². The summed E-state index contributed by atoms with van der Waals surface area (Å²) in [5, 5.41) is 17.1. The molecule has 0 aliphatic carbocycles. The summed E-state index contributed by atoms with van der Waals surface area (Å²) in [6, 6.07) is 8.11. The molecule has 8 nitrogen and oxygen atoms in total. The van der Waals surface area contributed by atoms with Crippen molar-refractivity contribution >= 4 is 40.5 Å². The van der Waals surface area contributed by atoms with E-state index in [1.807, 2.05) is 6.07 Å².